The van der Waals surface area contributed by atoms with E-state index < -0.39 is 18.1 Å². The molecule has 7 nitrogen and oxygen atoms in total. The molecule has 24 heavy (non-hydrogen) atoms. The van der Waals surface area contributed by atoms with Crippen LogP contribution in [0.3, 0.4) is 0 Å². The average Bonchev–Trinajstić information content (AvgIpc) is 2.59. The van der Waals surface area contributed by atoms with E-state index in [2.05, 4.69) is 10.1 Å². The summed E-state index contributed by atoms with van der Waals surface area (Å²) in [7, 11) is 1.33. The van der Waals surface area contributed by atoms with Crippen molar-refractivity contribution in [3.05, 3.63) is 35.9 Å². The van der Waals surface area contributed by atoms with E-state index >= 15 is 0 Å². The van der Waals surface area contributed by atoms with Crippen LogP contribution in [0, 0.1) is 0 Å². The van der Waals surface area contributed by atoms with Crippen LogP contribution in [0.2, 0.25) is 0 Å². The van der Waals surface area contributed by atoms with Crippen LogP contribution >= 0.6 is 0 Å². The number of carbonyl (C=O) groups is 3. The summed E-state index contributed by atoms with van der Waals surface area (Å²) in [6.45, 7) is 0.0815. The number of carbonyl (C=O) groups excluding carboxylic acids is 2. The zero-order chi connectivity index (χ0) is 17.8. The first-order valence-electron chi connectivity index (χ1n) is 7.79. The molecule has 0 aliphatic rings. The highest BCUT2D eigenvalue weighted by atomic mass is 16.5. The lowest BCUT2D eigenvalue weighted by Crippen LogP contribution is -2.41. The second-order valence-corrected chi connectivity index (χ2v) is 5.27. The first kappa shape index (κ1) is 19.5. The minimum atomic E-state index is -1.11. The molecule has 0 spiro atoms. The summed E-state index contributed by atoms with van der Waals surface area (Å²) in [5, 5.41) is 11.5. The minimum absolute atomic E-state index is 0.0815. The van der Waals surface area contributed by atoms with Gasteiger partial charge in [0.15, 0.2) is 0 Å². The van der Waals surface area contributed by atoms with Crippen molar-refractivity contribution in [1.82, 2.24) is 5.32 Å². The molecular weight excluding hydrogens is 314 g/mol. The van der Waals surface area contributed by atoms with Gasteiger partial charge in [0.05, 0.1) is 7.11 Å². The quantitative estimate of drug-likeness (QED) is 0.502. The zero-order valence-corrected chi connectivity index (χ0v) is 13.7. The Morgan fingerprint density at radius 1 is 1.12 bits per heavy atom. The Morgan fingerprint density at radius 3 is 2.46 bits per heavy atom. The molecule has 0 radical (unpaired) electrons. The van der Waals surface area contributed by atoms with Gasteiger partial charge in [0.25, 0.3) is 0 Å². The molecule has 0 heterocycles. The molecule has 1 rings (SSSR count). The molecule has 0 saturated carbocycles. The molecule has 7 heteroatoms. The molecule has 1 aromatic carbocycles. The summed E-state index contributed by atoms with van der Waals surface area (Å²) >= 11 is 0. The Labute approximate surface area is 141 Å². The fraction of sp³-hybridized carbons (Fsp3) is 0.471. The van der Waals surface area contributed by atoms with E-state index in [1.807, 2.05) is 30.3 Å². The van der Waals surface area contributed by atoms with Crippen molar-refractivity contribution < 1.29 is 29.0 Å². The fourth-order valence-corrected chi connectivity index (χ4v) is 2.06. The molecule has 0 aliphatic carbocycles. The summed E-state index contributed by atoms with van der Waals surface area (Å²) in [6.07, 6.45) is 1.70. The molecule has 1 amide bonds. The van der Waals surface area contributed by atoms with E-state index in [1.165, 1.54) is 7.11 Å². The monoisotopic (exact) mass is 337 g/mol. The molecule has 0 saturated heterocycles. The number of alkyl carbamates (subject to hydrolysis) is 1. The molecule has 1 aromatic rings. The molecule has 0 aromatic heterocycles. The number of esters is 1. The van der Waals surface area contributed by atoms with Crippen molar-refractivity contribution in [3.8, 4) is 0 Å². The third-order valence-corrected chi connectivity index (χ3v) is 3.40. The summed E-state index contributed by atoms with van der Waals surface area (Å²) in [5.74, 6) is -1.40. The van der Waals surface area contributed by atoms with E-state index in [1.54, 1.807) is 0 Å². The maximum Gasteiger partial charge on any atom is 0.408 e. The highest BCUT2D eigenvalue weighted by molar-refractivity contribution is 5.79. The molecule has 1 atom stereocenters. The van der Waals surface area contributed by atoms with Gasteiger partial charge in [-0.25, -0.2) is 9.59 Å². The standard InChI is InChI=1S/C17H23NO6/c1-23-15(19)11-7-3-6-10-14(16(20)21)18-17(22)24-12-13-8-4-2-5-9-13/h2,4-5,8-9,14H,3,6-7,10-12H2,1H3,(H,18,22)(H,20,21). The van der Waals surface area contributed by atoms with Gasteiger partial charge in [0, 0.05) is 6.42 Å². The smallest absolute Gasteiger partial charge is 0.408 e. The van der Waals surface area contributed by atoms with Gasteiger partial charge < -0.3 is 19.9 Å². The lowest BCUT2D eigenvalue weighted by Gasteiger charge is -2.14. The lowest BCUT2D eigenvalue weighted by molar-refractivity contribution is -0.141. The number of hydrogen-bond donors (Lipinski definition) is 2. The summed E-state index contributed by atoms with van der Waals surface area (Å²) < 4.78 is 9.53. The number of unbranched alkanes of at least 4 members (excludes halogenated alkanes) is 2. The first-order chi connectivity index (χ1) is 11.5. The number of carboxylic acids is 1. The summed E-state index contributed by atoms with van der Waals surface area (Å²) in [4.78, 5) is 33.8. The van der Waals surface area contributed by atoms with Crippen molar-refractivity contribution in [2.75, 3.05) is 7.11 Å². The molecule has 1 unspecified atom stereocenters. The SMILES string of the molecule is COC(=O)CCCCCC(NC(=O)OCc1ccccc1)C(=O)O. The van der Waals surface area contributed by atoms with Crippen molar-refractivity contribution in [1.29, 1.82) is 0 Å². The third-order valence-electron chi connectivity index (χ3n) is 3.40. The fourth-order valence-electron chi connectivity index (χ4n) is 2.06. The maximum absolute atomic E-state index is 11.7. The van der Waals surface area contributed by atoms with Crippen LogP contribution in [-0.2, 0) is 25.7 Å². The van der Waals surface area contributed by atoms with Crippen LogP contribution < -0.4 is 5.32 Å². The molecule has 0 fully saturated rings. The van der Waals surface area contributed by atoms with E-state index in [0.29, 0.717) is 25.7 Å². The van der Waals surface area contributed by atoms with E-state index in [4.69, 9.17) is 9.84 Å². The minimum Gasteiger partial charge on any atom is -0.480 e. The van der Waals surface area contributed by atoms with Gasteiger partial charge in [-0.15, -0.1) is 0 Å². The highest BCUT2D eigenvalue weighted by Gasteiger charge is 2.20. The number of aliphatic carboxylic acids is 1. The maximum atomic E-state index is 11.7. The Kier molecular flexibility index (Phi) is 8.96. The van der Waals surface area contributed by atoms with Crippen molar-refractivity contribution in [2.24, 2.45) is 0 Å². The first-order valence-corrected chi connectivity index (χ1v) is 7.79. The molecular formula is C17H23NO6. The van der Waals surface area contributed by atoms with Crippen molar-refractivity contribution in [2.45, 2.75) is 44.8 Å². The topological polar surface area (TPSA) is 102 Å². The number of rotatable bonds is 10. The number of carboxylic acid groups (broad SMARTS) is 1. The number of benzene rings is 1. The van der Waals surface area contributed by atoms with Gasteiger partial charge in [-0.05, 0) is 18.4 Å². The van der Waals surface area contributed by atoms with Crippen LogP contribution in [0.1, 0.15) is 37.7 Å². The molecule has 0 aliphatic heterocycles. The van der Waals surface area contributed by atoms with Crippen LogP contribution in [0.4, 0.5) is 4.79 Å². The van der Waals surface area contributed by atoms with Gasteiger partial charge >= 0.3 is 18.0 Å². The largest absolute Gasteiger partial charge is 0.480 e. The lowest BCUT2D eigenvalue weighted by atomic mass is 10.1. The second-order valence-electron chi connectivity index (χ2n) is 5.27. The normalized spacial score (nSPS) is 11.4. The van der Waals surface area contributed by atoms with Gasteiger partial charge in [-0.1, -0.05) is 43.2 Å². The molecule has 2 N–H and O–H groups in total. The summed E-state index contributed by atoms with van der Waals surface area (Å²) in [5.41, 5.74) is 0.822. The van der Waals surface area contributed by atoms with Gasteiger partial charge in [0.2, 0.25) is 0 Å². The third kappa shape index (κ3) is 8.17. The van der Waals surface area contributed by atoms with Crippen LogP contribution in [0.25, 0.3) is 0 Å². The average molecular weight is 337 g/mol. The van der Waals surface area contributed by atoms with Crippen LogP contribution in [-0.4, -0.2) is 36.3 Å². The Morgan fingerprint density at radius 2 is 1.83 bits per heavy atom. The number of methoxy groups -OCH3 is 1. The Balaban J connectivity index is 2.27. The van der Waals surface area contributed by atoms with E-state index in [-0.39, 0.29) is 19.0 Å². The Bertz CT molecular complexity index is 531. The van der Waals surface area contributed by atoms with Crippen LogP contribution in [0.5, 0.6) is 0 Å². The van der Waals surface area contributed by atoms with Crippen molar-refractivity contribution in [3.63, 3.8) is 0 Å². The van der Waals surface area contributed by atoms with Gasteiger partial charge in [-0.2, -0.15) is 0 Å². The van der Waals surface area contributed by atoms with Crippen molar-refractivity contribution >= 4 is 18.0 Å². The molecule has 0 bridgehead atoms. The number of hydrogen-bond acceptors (Lipinski definition) is 5. The zero-order valence-electron chi connectivity index (χ0n) is 13.7. The highest BCUT2D eigenvalue weighted by Crippen LogP contribution is 2.08. The predicted octanol–water partition coefficient (Wildman–Crippen LogP) is 2.49. The number of ether oxygens (including phenoxy) is 2. The summed E-state index contributed by atoms with van der Waals surface area (Å²) in [6, 6.07) is 8.11. The van der Waals surface area contributed by atoms with E-state index in [9.17, 15) is 14.4 Å². The second kappa shape index (κ2) is 11.0. The predicted molar refractivity (Wildman–Crippen MR) is 86.3 cm³/mol. The number of amides is 1. The van der Waals surface area contributed by atoms with Crippen LogP contribution in [0.15, 0.2) is 30.3 Å². The Hall–Kier alpha value is -2.57. The van der Waals surface area contributed by atoms with E-state index in [0.717, 1.165) is 5.56 Å². The molecule has 132 valence electrons. The number of nitrogens with one attached hydrogen (secondary N) is 1. The van der Waals surface area contributed by atoms with Gasteiger partial charge in [-0.3, -0.25) is 4.79 Å². The van der Waals surface area contributed by atoms with Gasteiger partial charge in [0.1, 0.15) is 12.6 Å².